The lowest BCUT2D eigenvalue weighted by Gasteiger charge is -2.39. The van der Waals surface area contributed by atoms with E-state index in [-0.39, 0.29) is 0 Å². The van der Waals surface area contributed by atoms with Crippen molar-refractivity contribution in [3.63, 3.8) is 0 Å². The molecule has 2 atom stereocenters. The third kappa shape index (κ3) is 6.63. The van der Waals surface area contributed by atoms with Crippen LogP contribution in [0.3, 0.4) is 0 Å². The molecule has 8 heteroatoms. The zero-order chi connectivity index (χ0) is 28.9. The zero-order valence-corrected chi connectivity index (χ0v) is 24.3. The number of ether oxygens (including phenoxy) is 3. The van der Waals surface area contributed by atoms with Gasteiger partial charge in [-0.05, 0) is 46.5 Å². The molecule has 1 heterocycles. The Hall–Kier alpha value is -3.69. The van der Waals surface area contributed by atoms with E-state index in [0.29, 0.717) is 19.6 Å². The quantitative estimate of drug-likeness (QED) is 0.179. The lowest BCUT2D eigenvalue weighted by molar-refractivity contribution is -0.0745. The molecular formula is C33H35NO6S. The molecule has 4 aromatic rings. The van der Waals surface area contributed by atoms with Gasteiger partial charge in [-0.2, -0.15) is 8.42 Å². The Morgan fingerprint density at radius 1 is 0.683 bits per heavy atom. The largest absolute Gasteiger partial charge is 0.497 e. The molecule has 1 aliphatic rings. The first-order valence-corrected chi connectivity index (χ1v) is 15.3. The van der Waals surface area contributed by atoms with Crippen LogP contribution in [0.5, 0.6) is 11.5 Å². The van der Waals surface area contributed by atoms with Crippen LogP contribution < -0.4 is 9.47 Å². The number of nitrogens with zero attached hydrogens (tertiary/aromatic N) is 1. The van der Waals surface area contributed by atoms with Crippen molar-refractivity contribution in [3.8, 4) is 11.5 Å². The topological polar surface area (TPSA) is 74.3 Å². The van der Waals surface area contributed by atoms with Crippen LogP contribution in [0, 0.1) is 0 Å². The first-order chi connectivity index (χ1) is 19.8. The first kappa shape index (κ1) is 28.8. The molecule has 0 amide bonds. The maximum atomic E-state index is 12.4. The molecular weight excluding hydrogens is 538 g/mol. The van der Waals surface area contributed by atoms with Gasteiger partial charge in [-0.25, -0.2) is 0 Å². The van der Waals surface area contributed by atoms with Gasteiger partial charge < -0.3 is 14.2 Å². The number of hydrogen-bond acceptors (Lipinski definition) is 7. The molecule has 0 unspecified atom stereocenters. The number of hydrogen-bond donors (Lipinski definition) is 0. The summed E-state index contributed by atoms with van der Waals surface area (Å²) < 4.78 is 48.6. The summed E-state index contributed by atoms with van der Waals surface area (Å²) in [6, 6.07) is 35.6. The molecule has 41 heavy (non-hydrogen) atoms. The Morgan fingerprint density at radius 3 is 1.63 bits per heavy atom. The van der Waals surface area contributed by atoms with E-state index >= 15 is 0 Å². The SMILES string of the molecule is COc1ccc(C(O[C@@H]2CN(Cc3ccccc3)C[C@H]2OS(C)(=O)=O)(c2ccccc2)c2ccc(OC)cc2)cc1. The number of rotatable bonds is 11. The van der Waals surface area contributed by atoms with Crippen LogP contribution in [-0.2, 0) is 31.2 Å². The van der Waals surface area contributed by atoms with Gasteiger partial charge in [0.2, 0.25) is 0 Å². The summed E-state index contributed by atoms with van der Waals surface area (Å²) in [5.41, 5.74) is 2.68. The van der Waals surface area contributed by atoms with Crippen LogP contribution >= 0.6 is 0 Å². The highest BCUT2D eigenvalue weighted by atomic mass is 32.2. The number of likely N-dealkylation sites (tertiary alicyclic amines) is 1. The summed E-state index contributed by atoms with van der Waals surface area (Å²) in [6.07, 6.45) is -0.187. The van der Waals surface area contributed by atoms with Crippen LogP contribution in [0.1, 0.15) is 22.3 Å². The summed E-state index contributed by atoms with van der Waals surface area (Å²) in [7, 11) is -0.481. The molecule has 1 saturated heterocycles. The molecule has 214 valence electrons. The molecule has 0 bridgehead atoms. The molecule has 1 fully saturated rings. The van der Waals surface area contributed by atoms with E-state index in [4.69, 9.17) is 18.4 Å². The average Bonchev–Trinajstić information content (AvgIpc) is 3.35. The van der Waals surface area contributed by atoms with Gasteiger partial charge in [0.25, 0.3) is 10.1 Å². The molecule has 0 radical (unpaired) electrons. The summed E-state index contributed by atoms with van der Waals surface area (Å²) in [6.45, 7) is 1.53. The maximum absolute atomic E-state index is 12.4. The summed E-state index contributed by atoms with van der Waals surface area (Å²) >= 11 is 0. The Balaban J connectivity index is 1.63. The Kier molecular flexibility index (Phi) is 8.75. The zero-order valence-electron chi connectivity index (χ0n) is 23.5. The molecule has 0 spiro atoms. The van der Waals surface area contributed by atoms with Gasteiger partial charge in [0.05, 0.1) is 20.5 Å². The van der Waals surface area contributed by atoms with Gasteiger partial charge in [0, 0.05) is 19.6 Å². The van der Waals surface area contributed by atoms with E-state index in [1.54, 1.807) is 14.2 Å². The standard InChI is InChI=1S/C33H35NO6S/c1-37-29-18-14-27(15-19-29)33(26-12-8-5-9-13-26,28-16-20-30(38-2)21-17-28)39-31-23-34(22-25-10-6-4-7-11-25)24-32(31)40-41(3,35)36/h4-21,31-32H,22-24H2,1-3H3/t31-,32-/m1/s1. The van der Waals surface area contributed by atoms with Crippen molar-refractivity contribution < 1.29 is 26.8 Å². The highest BCUT2D eigenvalue weighted by molar-refractivity contribution is 7.86. The Labute approximate surface area is 242 Å². The monoisotopic (exact) mass is 573 g/mol. The third-order valence-corrected chi connectivity index (χ3v) is 7.94. The first-order valence-electron chi connectivity index (χ1n) is 13.5. The second kappa shape index (κ2) is 12.4. The van der Waals surface area contributed by atoms with Gasteiger partial charge >= 0.3 is 0 Å². The predicted molar refractivity (Wildman–Crippen MR) is 159 cm³/mol. The minimum Gasteiger partial charge on any atom is -0.497 e. The molecule has 0 saturated carbocycles. The van der Waals surface area contributed by atoms with Crippen LogP contribution in [0.4, 0.5) is 0 Å². The molecule has 5 rings (SSSR count). The van der Waals surface area contributed by atoms with Crippen molar-refractivity contribution >= 4 is 10.1 Å². The summed E-state index contributed by atoms with van der Waals surface area (Å²) in [5.74, 6) is 1.44. The van der Waals surface area contributed by atoms with E-state index in [1.165, 1.54) is 0 Å². The fourth-order valence-corrected chi connectivity index (χ4v) is 6.11. The van der Waals surface area contributed by atoms with Crippen LogP contribution in [0.2, 0.25) is 0 Å². The minimum absolute atomic E-state index is 0.405. The van der Waals surface area contributed by atoms with Crippen molar-refractivity contribution in [1.82, 2.24) is 4.90 Å². The van der Waals surface area contributed by atoms with Crippen molar-refractivity contribution in [3.05, 3.63) is 131 Å². The third-order valence-electron chi connectivity index (χ3n) is 7.34. The lowest BCUT2D eigenvalue weighted by Crippen LogP contribution is -2.42. The van der Waals surface area contributed by atoms with Gasteiger partial charge in [0.15, 0.2) is 0 Å². The van der Waals surface area contributed by atoms with E-state index in [1.807, 2.05) is 97.1 Å². The van der Waals surface area contributed by atoms with Crippen LogP contribution in [-0.4, -0.2) is 59.1 Å². The van der Waals surface area contributed by atoms with Gasteiger partial charge in [-0.1, -0.05) is 84.9 Å². The summed E-state index contributed by atoms with van der Waals surface area (Å²) in [5, 5.41) is 0. The van der Waals surface area contributed by atoms with Gasteiger partial charge in [-0.15, -0.1) is 0 Å². The van der Waals surface area contributed by atoms with E-state index in [0.717, 1.165) is 40.0 Å². The number of benzene rings is 4. The fourth-order valence-electron chi connectivity index (χ4n) is 5.47. The van der Waals surface area contributed by atoms with E-state index in [2.05, 4.69) is 17.0 Å². The highest BCUT2D eigenvalue weighted by Crippen LogP contribution is 2.44. The molecule has 0 aliphatic carbocycles. The van der Waals surface area contributed by atoms with Crippen molar-refractivity contribution in [2.75, 3.05) is 33.6 Å². The van der Waals surface area contributed by atoms with Crippen molar-refractivity contribution in [2.45, 2.75) is 24.4 Å². The molecule has 1 aliphatic heterocycles. The van der Waals surface area contributed by atoms with Gasteiger partial charge in [0.1, 0.15) is 29.3 Å². The Morgan fingerprint density at radius 2 is 1.15 bits per heavy atom. The smallest absolute Gasteiger partial charge is 0.264 e. The van der Waals surface area contributed by atoms with Gasteiger partial charge in [-0.3, -0.25) is 9.08 Å². The number of methoxy groups -OCH3 is 2. The normalized spacial score (nSPS) is 17.8. The van der Waals surface area contributed by atoms with E-state index in [9.17, 15) is 8.42 Å². The predicted octanol–water partition coefficient (Wildman–Crippen LogP) is 5.24. The lowest BCUT2D eigenvalue weighted by atomic mass is 9.79. The van der Waals surface area contributed by atoms with Crippen molar-refractivity contribution in [2.24, 2.45) is 0 Å². The minimum atomic E-state index is -3.74. The molecule has 4 aromatic carbocycles. The average molecular weight is 574 g/mol. The molecule has 0 aromatic heterocycles. The van der Waals surface area contributed by atoms with Crippen LogP contribution in [0.15, 0.2) is 109 Å². The van der Waals surface area contributed by atoms with E-state index < -0.39 is 27.9 Å². The molecule has 0 N–H and O–H groups in total. The summed E-state index contributed by atoms with van der Waals surface area (Å²) in [4.78, 5) is 2.17. The van der Waals surface area contributed by atoms with Crippen molar-refractivity contribution in [1.29, 1.82) is 0 Å². The second-order valence-electron chi connectivity index (χ2n) is 10.2. The maximum Gasteiger partial charge on any atom is 0.264 e. The Bertz CT molecular complexity index is 1460. The highest BCUT2D eigenvalue weighted by Gasteiger charge is 2.46. The second-order valence-corrected chi connectivity index (χ2v) is 11.8. The molecule has 7 nitrogen and oxygen atoms in total. The fraction of sp³-hybridized carbons (Fsp3) is 0.273. The van der Waals surface area contributed by atoms with Crippen LogP contribution in [0.25, 0.3) is 0 Å².